The second kappa shape index (κ2) is 7.39. The van der Waals surface area contributed by atoms with E-state index in [2.05, 4.69) is 5.32 Å². The Morgan fingerprint density at radius 3 is 2.58 bits per heavy atom. The Kier molecular flexibility index (Phi) is 5.50. The molecule has 0 radical (unpaired) electrons. The smallest absolute Gasteiger partial charge is 0.341 e. The van der Waals surface area contributed by atoms with Crippen LogP contribution >= 0.6 is 11.3 Å². The third-order valence-electron chi connectivity index (χ3n) is 3.28. The molecule has 1 N–H and O–H groups in total. The summed E-state index contributed by atoms with van der Waals surface area (Å²) < 4.78 is 36.0. The SMILES string of the molecule is COC(=O)c1c(NC(=O)COc2ccc(F)cc2F)sc(C)c1C. The van der Waals surface area contributed by atoms with Gasteiger partial charge in [-0.1, -0.05) is 0 Å². The number of rotatable bonds is 5. The van der Waals surface area contributed by atoms with Gasteiger partial charge in [-0.05, 0) is 31.5 Å². The average Bonchev–Trinajstić information content (AvgIpc) is 2.80. The Labute approximate surface area is 141 Å². The van der Waals surface area contributed by atoms with Crippen LogP contribution in [0.4, 0.5) is 13.8 Å². The first-order valence-electron chi connectivity index (χ1n) is 6.89. The van der Waals surface area contributed by atoms with Crippen LogP contribution in [-0.2, 0) is 9.53 Å². The highest BCUT2D eigenvalue weighted by molar-refractivity contribution is 7.16. The van der Waals surface area contributed by atoms with Gasteiger partial charge >= 0.3 is 5.97 Å². The number of carbonyl (C=O) groups excluding carboxylic acids is 2. The number of ether oxygens (including phenoxy) is 2. The van der Waals surface area contributed by atoms with Gasteiger partial charge in [-0.15, -0.1) is 11.3 Å². The third-order valence-corrected chi connectivity index (χ3v) is 4.40. The maximum atomic E-state index is 13.4. The number of aryl methyl sites for hydroxylation is 1. The lowest BCUT2D eigenvalue weighted by Crippen LogP contribution is -2.21. The van der Waals surface area contributed by atoms with Crippen molar-refractivity contribution >= 4 is 28.2 Å². The summed E-state index contributed by atoms with van der Waals surface area (Å²) in [6, 6.07) is 2.78. The molecule has 1 amide bonds. The van der Waals surface area contributed by atoms with E-state index in [4.69, 9.17) is 9.47 Å². The van der Waals surface area contributed by atoms with Gasteiger partial charge in [0.1, 0.15) is 10.8 Å². The molecule has 0 saturated carbocycles. The van der Waals surface area contributed by atoms with E-state index in [-0.39, 0.29) is 11.3 Å². The molecule has 0 spiro atoms. The van der Waals surface area contributed by atoms with Gasteiger partial charge in [0.15, 0.2) is 18.2 Å². The van der Waals surface area contributed by atoms with Crippen molar-refractivity contribution in [3.8, 4) is 5.75 Å². The Morgan fingerprint density at radius 2 is 1.96 bits per heavy atom. The zero-order valence-electron chi connectivity index (χ0n) is 13.2. The number of esters is 1. The molecule has 1 heterocycles. The van der Waals surface area contributed by atoms with E-state index in [0.29, 0.717) is 16.6 Å². The van der Waals surface area contributed by atoms with Crippen LogP contribution in [0.3, 0.4) is 0 Å². The number of methoxy groups -OCH3 is 1. The molecule has 8 heteroatoms. The van der Waals surface area contributed by atoms with Crippen molar-refractivity contribution < 1.29 is 27.8 Å². The molecule has 24 heavy (non-hydrogen) atoms. The van der Waals surface area contributed by atoms with E-state index in [0.717, 1.165) is 17.0 Å². The quantitative estimate of drug-likeness (QED) is 0.835. The van der Waals surface area contributed by atoms with Crippen LogP contribution in [0.25, 0.3) is 0 Å². The fourth-order valence-corrected chi connectivity index (χ4v) is 3.03. The van der Waals surface area contributed by atoms with E-state index < -0.39 is 30.1 Å². The summed E-state index contributed by atoms with van der Waals surface area (Å²) in [6.45, 7) is 3.07. The van der Waals surface area contributed by atoms with E-state index in [9.17, 15) is 18.4 Å². The molecule has 5 nitrogen and oxygen atoms in total. The number of hydrogen-bond acceptors (Lipinski definition) is 5. The van der Waals surface area contributed by atoms with Crippen LogP contribution in [0.15, 0.2) is 18.2 Å². The number of hydrogen-bond donors (Lipinski definition) is 1. The minimum absolute atomic E-state index is 0.238. The predicted octanol–water partition coefficient (Wildman–Crippen LogP) is 3.45. The first kappa shape index (κ1) is 17.9. The molecule has 1 aromatic heterocycles. The van der Waals surface area contributed by atoms with Gasteiger partial charge in [0, 0.05) is 10.9 Å². The Morgan fingerprint density at radius 1 is 1.25 bits per heavy atom. The molecular weight excluding hydrogens is 340 g/mol. The van der Waals surface area contributed by atoms with Gasteiger partial charge in [0.25, 0.3) is 5.91 Å². The van der Waals surface area contributed by atoms with E-state index in [1.165, 1.54) is 18.4 Å². The molecule has 0 aliphatic rings. The van der Waals surface area contributed by atoms with Crippen LogP contribution in [0.5, 0.6) is 5.75 Å². The number of carbonyl (C=O) groups is 2. The number of amides is 1. The van der Waals surface area contributed by atoms with Gasteiger partial charge in [0.05, 0.1) is 12.7 Å². The first-order valence-corrected chi connectivity index (χ1v) is 7.71. The monoisotopic (exact) mass is 355 g/mol. The minimum atomic E-state index is -0.902. The Hall–Kier alpha value is -2.48. The lowest BCUT2D eigenvalue weighted by atomic mass is 10.1. The highest BCUT2D eigenvalue weighted by Gasteiger charge is 2.21. The van der Waals surface area contributed by atoms with Crippen LogP contribution in [0.2, 0.25) is 0 Å². The molecule has 0 aliphatic carbocycles. The first-order chi connectivity index (χ1) is 11.3. The molecule has 2 aromatic rings. The second-order valence-corrected chi connectivity index (χ2v) is 6.12. The van der Waals surface area contributed by atoms with E-state index >= 15 is 0 Å². The summed E-state index contributed by atoms with van der Waals surface area (Å²) >= 11 is 1.23. The highest BCUT2D eigenvalue weighted by atomic mass is 32.1. The minimum Gasteiger partial charge on any atom is -0.481 e. The molecule has 0 unspecified atom stereocenters. The zero-order valence-corrected chi connectivity index (χ0v) is 14.1. The lowest BCUT2D eigenvalue weighted by Gasteiger charge is -2.08. The van der Waals surface area contributed by atoms with Crippen LogP contribution in [0, 0.1) is 25.5 Å². The largest absolute Gasteiger partial charge is 0.481 e. The molecule has 0 aliphatic heterocycles. The topological polar surface area (TPSA) is 64.6 Å². The summed E-state index contributed by atoms with van der Waals surface area (Å²) in [5.41, 5.74) is 0.994. The van der Waals surface area contributed by atoms with Gasteiger partial charge in [-0.25, -0.2) is 13.6 Å². The maximum Gasteiger partial charge on any atom is 0.341 e. The molecule has 1 aromatic carbocycles. The van der Waals surface area contributed by atoms with E-state index in [1.807, 2.05) is 6.92 Å². The number of benzene rings is 1. The third kappa shape index (κ3) is 3.88. The van der Waals surface area contributed by atoms with Crippen molar-refractivity contribution in [2.45, 2.75) is 13.8 Å². The van der Waals surface area contributed by atoms with Gasteiger partial charge in [-0.3, -0.25) is 4.79 Å². The normalized spacial score (nSPS) is 10.4. The molecule has 2 rings (SSSR count). The Bertz CT molecular complexity index is 789. The summed E-state index contributed by atoms with van der Waals surface area (Å²) in [6.07, 6.45) is 0. The van der Waals surface area contributed by atoms with Crippen LogP contribution < -0.4 is 10.1 Å². The van der Waals surface area contributed by atoms with Crippen LogP contribution in [-0.4, -0.2) is 25.6 Å². The summed E-state index contributed by atoms with van der Waals surface area (Å²) in [7, 11) is 1.25. The molecular formula is C16H15F2NO4S. The van der Waals surface area contributed by atoms with Gasteiger partial charge in [0.2, 0.25) is 0 Å². The second-order valence-electron chi connectivity index (χ2n) is 4.89. The number of nitrogens with one attached hydrogen (secondary N) is 1. The number of halogens is 2. The van der Waals surface area contributed by atoms with Crippen molar-refractivity contribution in [3.63, 3.8) is 0 Å². The predicted molar refractivity (Wildman–Crippen MR) is 85.6 cm³/mol. The lowest BCUT2D eigenvalue weighted by molar-refractivity contribution is -0.118. The van der Waals surface area contributed by atoms with Crippen molar-refractivity contribution in [1.82, 2.24) is 0 Å². The molecule has 0 fully saturated rings. The molecule has 0 atom stereocenters. The summed E-state index contributed by atoms with van der Waals surface area (Å²) in [5.74, 6) is -3.02. The Balaban J connectivity index is 2.07. The maximum absolute atomic E-state index is 13.4. The fourth-order valence-electron chi connectivity index (χ4n) is 1.96. The van der Waals surface area contributed by atoms with Gasteiger partial charge in [-0.2, -0.15) is 0 Å². The van der Waals surface area contributed by atoms with Crippen LogP contribution in [0.1, 0.15) is 20.8 Å². The molecule has 128 valence electrons. The average molecular weight is 355 g/mol. The van der Waals surface area contributed by atoms with E-state index in [1.54, 1.807) is 6.92 Å². The summed E-state index contributed by atoms with van der Waals surface area (Å²) in [5, 5.41) is 2.88. The van der Waals surface area contributed by atoms with Crippen molar-refractivity contribution in [2.75, 3.05) is 19.0 Å². The highest BCUT2D eigenvalue weighted by Crippen LogP contribution is 2.32. The van der Waals surface area contributed by atoms with Crippen molar-refractivity contribution in [2.24, 2.45) is 0 Å². The standard InChI is InChI=1S/C16H15F2NO4S/c1-8-9(2)24-15(14(8)16(21)22-3)19-13(20)7-23-12-5-4-10(17)6-11(12)18/h4-6H,7H2,1-3H3,(H,19,20). The zero-order chi connectivity index (χ0) is 17.9. The number of thiophene rings is 1. The van der Waals surface area contributed by atoms with Gasteiger partial charge < -0.3 is 14.8 Å². The van der Waals surface area contributed by atoms with Crippen molar-refractivity contribution in [1.29, 1.82) is 0 Å². The molecule has 0 bridgehead atoms. The fraction of sp³-hybridized carbons (Fsp3) is 0.250. The van der Waals surface area contributed by atoms with Crippen molar-refractivity contribution in [3.05, 3.63) is 45.8 Å². The summed E-state index contributed by atoms with van der Waals surface area (Å²) in [4.78, 5) is 24.6. The molecule has 0 saturated heterocycles. The number of anilines is 1.